The Morgan fingerprint density at radius 3 is 2.12 bits per heavy atom. The Balaban J connectivity index is 1.94. The van der Waals surface area contributed by atoms with Crippen molar-refractivity contribution in [3.05, 3.63) is 48.0 Å². The van der Waals surface area contributed by atoms with Crippen LogP contribution in [0.15, 0.2) is 47.4 Å². The van der Waals surface area contributed by atoms with E-state index in [0.717, 1.165) is 0 Å². The van der Waals surface area contributed by atoms with Crippen molar-refractivity contribution in [2.75, 3.05) is 27.4 Å². The summed E-state index contributed by atoms with van der Waals surface area (Å²) in [6.07, 6.45) is 0. The van der Waals surface area contributed by atoms with Gasteiger partial charge in [0.1, 0.15) is 23.9 Å². The largest absolute Gasteiger partial charge is 0.496 e. The Morgan fingerprint density at radius 1 is 0.958 bits per heavy atom. The minimum atomic E-state index is -3.55. The number of ether oxygens (including phenoxy) is 3. The van der Waals surface area contributed by atoms with Gasteiger partial charge >= 0.3 is 0 Å². The lowest BCUT2D eigenvalue weighted by atomic mass is 10.2. The maximum atomic E-state index is 12.3. The zero-order valence-electron chi connectivity index (χ0n) is 13.9. The monoisotopic (exact) mass is 351 g/mol. The molecule has 2 aromatic carbocycles. The Bertz CT molecular complexity index is 767. The number of rotatable bonds is 8. The number of aryl methyl sites for hydroxylation is 1. The fourth-order valence-corrected chi connectivity index (χ4v) is 3.40. The summed E-state index contributed by atoms with van der Waals surface area (Å²) in [5, 5.41) is 0. The Kier molecular flexibility index (Phi) is 6.05. The maximum Gasteiger partial charge on any atom is 0.240 e. The van der Waals surface area contributed by atoms with Crippen molar-refractivity contribution in [3.8, 4) is 17.2 Å². The SMILES string of the molecule is COc1cc(OC)cc(OCCNS(=O)(=O)c2ccccc2C)c1. The molecule has 0 spiro atoms. The quantitative estimate of drug-likeness (QED) is 0.739. The van der Waals surface area contributed by atoms with E-state index in [-0.39, 0.29) is 18.0 Å². The van der Waals surface area contributed by atoms with Gasteiger partial charge in [0.05, 0.1) is 19.1 Å². The summed E-state index contributed by atoms with van der Waals surface area (Å²) in [7, 11) is -0.449. The van der Waals surface area contributed by atoms with Crippen molar-refractivity contribution in [1.29, 1.82) is 0 Å². The summed E-state index contributed by atoms with van der Waals surface area (Å²) in [6.45, 7) is 2.09. The third-order valence-electron chi connectivity index (χ3n) is 3.37. The highest BCUT2D eigenvalue weighted by atomic mass is 32.2. The molecule has 0 radical (unpaired) electrons. The molecular formula is C17H21NO5S. The van der Waals surface area contributed by atoms with Crippen LogP contribution in [0.5, 0.6) is 17.2 Å². The van der Waals surface area contributed by atoms with Gasteiger partial charge in [0, 0.05) is 24.7 Å². The standard InChI is InChI=1S/C17H21NO5S/c1-13-6-4-5-7-17(13)24(19,20)18-8-9-23-16-11-14(21-2)10-15(12-16)22-3/h4-7,10-12,18H,8-9H2,1-3H3. The van der Waals surface area contributed by atoms with Gasteiger partial charge in [-0.1, -0.05) is 18.2 Å². The van der Waals surface area contributed by atoms with Gasteiger partial charge in [-0.3, -0.25) is 0 Å². The van der Waals surface area contributed by atoms with Crippen LogP contribution in [0.1, 0.15) is 5.56 Å². The minimum Gasteiger partial charge on any atom is -0.496 e. The highest BCUT2D eigenvalue weighted by molar-refractivity contribution is 7.89. The molecule has 130 valence electrons. The molecule has 0 aliphatic carbocycles. The molecule has 6 nitrogen and oxygen atoms in total. The zero-order valence-corrected chi connectivity index (χ0v) is 14.7. The summed E-state index contributed by atoms with van der Waals surface area (Å²) in [4.78, 5) is 0.271. The Hall–Kier alpha value is -2.25. The van der Waals surface area contributed by atoms with Crippen LogP contribution in [0.3, 0.4) is 0 Å². The van der Waals surface area contributed by atoms with Crippen molar-refractivity contribution in [2.24, 2.45) is 0 Å². The summed E-state index contributed by atoms with van der Waals surface area (Å²) < 4.78 is 42.9. The molecule has 1 N–H and O–H groups in total. The van der Waals surface area contributed by atoms with Crippen LogP contribution >= 0.6 is 0 Å². The Morgan fingerprint density at radius 2 is 1.54 bits per heavy atom. The van der Waals surface area contributed by atoms with Crippen LogP contribution in [0.4, 0.5) is 0 Å². The maximum absolute atomic E-state index is 12.3. The highest BCUT2D eigenvalue weighted by Crippen LogP contribution is 2.27. The molecule has 0 saturated heterocycles. The molecule has 0 unspecified atom stereocenters. The van der Waals surface area contributed by atoms with Crippen molar-refractivity contribution >= 4 is 10.0 Å². The normalized spacial score (nSPS) is 11.1. The van der Waals surface area contributed by atoms with Gasteiger partial charge in [-0.2, -0.15) is 0 Å². The van der Waals surface area contributed by atoms with Gasteiger partial charge in [0.15, 0.2) is 0 Å². The van der Waals surface area contributed by atoms with Crippen LogP contribution in [-0.2, 0) is 10.0 Å². The van der Waals surface area contributed by atoms with Gasteiger partial charge in [0.25, 0.3) is 0 Å². The molecule has 0 atom stereocenters. The van der Waals surface area contributed by atoms with Crippen LogP contribution in [0.2, 0.25) is 0 Å². The molecule has 2 rings (SSSR count). The first-order valence-electron chi connectivity index (χ1n) is 7.37. The highest BCUT2D eigenvalue weighted by Gasteiger charge is 2.15. The molecule has 2 aromatic rings. The van der Waals surface area contributed by atoms with E-state index in [0.29, 0.717) is 22.8 Å². The number of methoxy groups -OCH3 is 2. The lowest BCUT2D eigenvalue weighted by Crippen LogP contribution is -2.28. The first-order valence-corrected chi connectivity index (χ1v) is 8.86. The van der Waals surface area contributed by atoms with Gasteiger partial charge in [-0.25, -0.2) is 13.1 Å². The van der Waals surface area contributed by atoms with E-state index in [4.69, 9.17) is 14.2 Å². The topological polar surface area (TPSA) is 73.9 Å². The van der Waals surface area contributed by atoms with Crippen LogP contribution in [0, 0.1) is 6.92 Å². The molecule has 0 amide bonds. The van der Waals surface area contributed by atoms with E-state index in [2.05, 4.69) is 4.72 Å². The minimum absolute atomic E-state index is 0.149. The number of hydrogen-bond acceptors (Lipinski definition) is 5. The second-order valence-corrected chi connectivity index (χ2v) is 6.80. The van der Waals surface area contributed by atoms with Crippen LogP contribution in [0.25, 0.3) is 0 Å². The van der Waals surface area contributed by atoms with Gasteiger partial charge in [-0.15, -0.1) is 0 Å². The average molecular weight is 351 g/mol. The van der Waals surface area contributed by atoms with Gasteiger partial charge in [0.2, 0.25) is 10.0 Å². The fourth-order valence-electron chi connectivity index (χ4n) is 2.15. The molecule has 0 bridgehead atoms. The smallest absolute Gasteiger partial charge is 0.240 e. The molecule has 0 fully saturated rings. The van der Waals surface area contributed by atoms with Crippen molar-refractivity contribution < 1.29 is 22.6 Å². The molecule has 0 saturated carbocycles. The second-order valence-electron chi connectivity index (χ2n) is 5.06. The lowest BCUT2D eigenvalue weighted by molar-refractivity contribution is 0.316. The van der Waals surface area contributed by atoms with E-state index >= 15 is 0 Å². The third kappa shape index (κ3) is 4.62. The molecule has 7 heteroatoms. The predicted octanol–water partition coefficient (Wildman–Crippen LogP) is 2.37. The summed E-state index contributed by atoms with van der Waals surface area (Å²) in [5.74, 6) is 1.75. The molecule has 0 aliphatic heterocycles. The van der Waals surface area contributed by atoms with E-state index in [1.165, 1.54) is 0 Å². The zero-order chi connectivity index (χ0) is 17.6. The van der Waals surface area contributed by atoms with E-state index in [9.17, 15) is 8.42 Å². The Labute approximate surface area is 142 Å². The molecule has 0 aromatic heterocycles. The summed E-state index contributed by atoms with van der Waals surface area (Å²) in [5.41, 5.74) is 0.698. The number of nitrogens with one attached hydrogen (secondary N) is 1. The number of benzene rings is 2. The average Bonchev–Trinajstić information content (AvgIpc) is 2.58. The number of sulfonamides is 1. The third-order valence-corrected chi connectivity index (χ3v) is 4.99. The molecule has 0 aliphatic rings. The first-order chi connectivity index (χ1) is 11.5. The van der Waals surface area contributed by atoms with Gasteiger partial charge in [-0.05, 0) is 18.6 Å². The predicted molar refractivity (Wildman–Crippen MR) is 91.4 cm³/mol. The second kappa shape index (κ2) is 8.03. The lowest BCUT2D eigenvalue weighted by Gasteiger charge is -2.12. The van der Waals surface area contributed by atoms with Crippen molar-refractivity contribution in [3.63, 3.8) is 0 Å². The van der Waals surface area contributed by atoms with E-state index in [1.807, 2.05) is 0 Å². The molecular weight excluding hydrogens is 330 g/mol. The van der Waals surface area contributed by atoms with E-state index < -0.39 is 10.0 Å². The number of hydrogen-bond donors (Lipinski definition) is 1. The van der Waals surface area contributed by atoms with Crippen LogP contribution < -0.4 is 18.9 Å². The van der Waals surface area contributed by atoms with E-state index in [1.54, 1.807) is 63.6 Å². The summed E-state index contributed by atoms with van der Waals surface area (Å²) in [6, 6.07) is 12.0. The van der Waals surface area contributed by atoms with Crippen molar-refractivity contribution in [2.45, 2.75) is 11.8 Å². The fraction of sp³-hybridized carbons (Fsp3) is 0.294. The van der Waals surface area contributed by atoms with Gasteiger partial charge < -0.3 is 14.2 Å². The van der Waals surface area contributed by atoms with Crippen LogP contribution in [-0.4, -0.2) is 35.8 Å². The molecule has 24 heavy (non-hydrogen) atoms. The van der Waals surface area contributed by atoms with Crippen molar-refractivity contribution in [1.82, 2.24) is 4.72 Å². The molecule has 0 heterocycles. The first kappa shape index (κ1) is 18.1. The summed E-state index contributed by atoms with van der Waals surface area (Å²) >= 11 is 0.